The lowest BCUT2D eigenvalue weighted by Gasteiger charge is -2.07. The minimum atomic E-state index is -0.403. The van der Waals surface area contributed by atoms with Crippen molar-refractivity contribution in [2.45, 2.75) is 24.3 Å². The topological polar surface area (TPSA) is 38.1 Å². The summed E-state index contributed by atoms with van der Waals surface area (Å²) in [4.78, 5) is 5.50. The second-order valence-electron chi connectivity index (χ2n) is 4.30. The molecule has 2 aromatic rings. The van der Waals surface area contributed by atoms with E-state index in [1.165, 1.54) is 4.90 Å². The molecule has 18 heavy (non-hydrogen) atoms. The number of imidazole rings is 1. The van der Waals surface area contributed by atoms with Crippen molar-refractivity contribution in [3.8, 4) is 0 Å². The van der Waals surface area contributed by atoms with Crippen LogP contribution < -0.4 is 0 Å². The zero-order valence-corrected chi connectivity index (χ0v) is 11.5. The molecular weight excluding hydrogens is 244 g/mol. The number of nitrogens with zero attached hydrogens (tertiary/aromatic N) is 2. The standard InChI is InChI=1S/C14H18N2OS/c1-11(17)12-4-3-5-13(10-12)18-9-6-14-15-7-8-16(14)2/h3-5,7-8,10-11,17H,6,9H2,1-2H3. The Morgan fingerprint density at radius 2 is 2.28 bits per heavy atom. The lowest BCUT2D eigenvalue weighted by atomic mass is 10.1. The van der Waals surface area contributed by atoms with Crippen LogP contribution in [0.4, 0.5) is 0 Å². The van der Waals surface area contributed by atoms with Crippen LogP contribution >= 0.6 is 11.8 Å². The van der Waals surface area contributed by atoms with Gasteiger partial charge in [-0.15, -0.1) is 11.8 Å². The molecule has 3 nitrogen and oxygen atoms in total. The van der Waals surface area contributed by atoms with E-state index in [2.05, 4.69) is 11.1 Å². The summed E-state index contributed by atoms with van der Waals surface area (Å²) in [6, 6.07) is 8.07. The summed E-state index contributed by atoms with van der Waals surface area (Å²) in [5.74, 6) is 2.10. The molecule has 1 aromatic carbocycles. The molecule has 0 bridgehead atoms. The van der Waals surface area contributed by atoms with Crippen LogP contribution in [-0.2, 0) is 13.5 Å². The molecule has 0 radical (unpaired) electrons. The maximum absolute atomic E-state index is 9.54. The van der Waals surface area contributed by atoms with Gasteiger partial charge < -0.3 is 9.67 Å². The van der Waals surface area contributed by atoms with E-state index >= 15 is 0 Å². The Morgan fingerprint density at radius 1 is 1.44 bits per heavy atom. The van der Waals surface area contributed by atoms with Gasteiger partial charge in [0.2, 0.25) is 0 Å². The van der Waals surface area contributed by atoms with Crippen LogP contribution in [0.15, 0.2) is 41.6 Å². The minimum absolute atomic E-state index is 0.403. The van der Waals surface area contributed by atoms with E-state index in [0.717, 1.165) is 23.6 Å². The van der Waals surface area contributed by atoms with Crippen molar-refractivity contribution in [3.05, 3.63) is 48.0 Å². The maximum atomic E-state index is 9.54. The lowest BCUT2D eigenvalue weighted by molar-refractivity contribution is 0.199. The van der Waals surface area contributed by atoms with E-state index < -0.39 is 6.10 Å². The first-order valence-corrected chi connectivity index (χ1v) is 7.02. The smallest absolute Gasteiger partial charge is 0.109 e. The van der Waals surface area contributed by atoms with E-state index in [1.807, 2.05) is 42.2 Å². The van der Waals surface area contributed by atoms with E-state index in [4.69, 9.17) is 0 Å². The first-order valence-electron chi connectivity index (χ1n) is 6.04. The number of aliphatic hydroxyl groups excluding tert-OH is 1. The molecule has 1 unspecified atom stereocenters. The molecule has 96 valence electrons. The highest BCUT2D eigenvalue weighted by Crippen LogP contribution is 2.22. The Kier molecular flexibility index (Phi) is 4.44. The Morgan fingerprint density at radius 3 is 2.94 bits per heavy atom. The number of benzene rings is 1. The Labute approximate surface area is 112 Å². The third-order valence-electron chi connectivity index (χ3n) is 2.86. The van der Waals surface area contributed by atoms with Gasteiger partial charge in [-0.05, 0) is 24.6 Å². The summed E-state index contributed by atoms with van der Waals surface area (Å²) in [6.07, 6.45) is 4.34. The van der Waals surface area contributed by atoms with Gasteiger partial charge in [-0.2, -0.15) is 0 Å². The summed E-state index contributed by atoms with van der Waals surface area (Å²) in [5.41, 5.74) is 0.969. The highest BCUT2D eigenvalue weighted by molar-refractivity contribution is 7.99. The highest BCUT2D eigenvalue weighted by Gasteiger charge is 2.03. The number of thioether (sulfide) groups is 1. The van der Waals surface area contributed by atoms with Crippen LogP contribution in [0.3, 0.4) is 0 Å². The fraction of sp³-hybridized carbons (Fsp3) is 0.357. The van der Waals surface area contributed by atoms with Gasteiger partial charge in [-0.3, -0.25) is 0 Å². The number of aliphatic hydroxyl groups is 1. The van der Waals surface area contributed by atoms with E-state index in [9.17, 15) is 5.11 Å². The summed E-state index contributed by atoms with van der Waals surface area (Å²) < 4.78 is 2.05. The molecule has 1 aromatic heterocycles. The Bertz CT molecular complexity index is 508. The van der Waals surface area contributed by atoms with Crippen LogP contribution in [0.2, 0.25) is 0 Å². The van der Waals surface area contributed by atoms with E-state index in [0.29, 0.717) is 0 Å². The zero-order chi connectivity index (χ0) is 13.0. The molecule has 0 amide bonds. The monoisotopic (exact) mass is 262 g/mol. The van der Waals surface area contributed by atoms with Gasteiger partial charge in [-0.25, -0.2) is 4.98 Å². The van der Waals surface area contributed by atoms with Crippen LogP contribution in [-0.4, -0.2) is 20.4 Å². The van der Waals surface area contributed by atoms with Crippen molar-refractivity contribution < 1.29 is 5.11 Å². The Balaban J connectivity index is 1.90. The summed E-state index contributed by atoms with van der Waals surface area (Å²) in [5, 5.41) is 9.54. The average Bonchev–Trinajstić information content (AvgIpc) is 2.76. The van der Waals surface area contributed by atoms with Crippen molar-refractivity contribution in [3.63, 3.8) is 0 Å². The third kappa shape index (κ3) is 3.37. The third-order valence-corrected chi connectivity index (χ3v) is 3.85. The summed E-state index contributed by atoms with van der Waals surface area (Å²) in [6.45, 7) is 1.79. The normalized spacial score (nSPS) is 12.6. The molecule has 1 atom stereocenters. The number of hydrogen-bond donors (Lipinski definition) is 1. The van der Waals surface area contributed by atoms with Crippen LogP contribution in [0.5, 0.6) is 0 Å². The van der Waals surface area contributed by atoms with Gasteiger partial charge in [-0.1, -0.05) is 12.1 Å². The molecule has 0 saturated heterocycles. The van der Waals surface area contributed by atoms with Gasteiger partial charge in [0, 0.05) is 36.5 Å². The molecule has 0 fully saturated rings. The second-order valence-corrected chi connectivity index (χ2v) is 5.47. The Hall–Kier alpha value is -1.26. The SMILES string of the molecule is CC(O)c1cccc(SCCc2nccn2C)c1. The molecule has 0 aliphatic rings. The van der Waals surface area contributed by atoms with Gasteiger partial charge in [0.05, 0.1) is 6.10 Å². The quantitative estimate of drug-likeness (QED) is 0.842. The first kappa shape index (κ1) is 13.2. The van der Waals surface area contributed by atoms with Crippen molar-refractivity contribution in [2.75, 3.05) is 5.75 Å². The van der Waals surface area contributed by atoms with E-state index in [-0.39, 0.29) is 0 Å². The summed E-state index contributed by atoms with van der Waals surface area (Å²) >= 11 is 1.79. The predicted molar refractivity (Wildman–Crippen MR) is 74.7 cm³/mol. The van der Waals surface area contributed by atoms with Crippen LogP contribution in [0.25, 0.3) is 0 Å². The maximum Gasteiger partial charge on any atom is 0.109 e. The predicted octanol–water partition coefficient (Wildman–Crippen LogP) is 2.81. The number of hydrogen-bond acceptors (Lipinski definition) is 3. The lowest BCUT2D eigenvalue weighted by Crippen LogP contribution is -1.99. The minimum Gasteiger partial charge on any atom is -0.389 e. The second kappa shape index (κ2) is 6.07. The van der Waals surface area contributed by atoms with Gasteiger partial charge in [0.15, 0.2) is 0 Å². The largest absolute Gasteiger partial charge is 0.389 e. The van der Waals surface area contributed by atoms with Gasteiger partial charge in [0.1, 0.15) is 5.82 Å². The number of rotatable bonds is 5. The van der Waals surface area contributed by atoms with Crippen molar-refractivity contribution in [1.29, 1.82) is 0 Å². The van der Waals surface area contributed by atoms with Crippen molar-refractivity contribution in [1.82, 2.24) is 9.55 Å². The van der Waals surface area contributed by atoms with Gasteiger partial charge >= 0.3 is 0 Å². The molecule has 1 N–H and O–H groups in total. The molecule has 0 aliphatic heterocycles. The molecular formula is C14H18N2OS. The molecule has 2 rings (SSSR count). The molecule has 0 aliphatic carbocycles. The highest BCUT2D eigenvalue weighted by atomic mass is 32.2. The molecule has 0 spiro atoms. The number of aryl methyl sites for hydroxylation is 2. The van der Waals surface area contributed by atoms with E-state index in [1.54, 1.807) is 18.7 Å². The zero-order valence-electron chi connectivity index (χ0n) is 10.7. The molecule has 0 saturated carbocycles. The number of aromatic nitrogens is 2. The molecule has 4 heteroatoms. The fourth-order valence-corrected chi connectivity index (χ4v) is 2.68. The van der Waals surface area contributed by atoms with Crippen LogP contribution in [0.1, 0.15) is 24.4 Å². The first-order chi connectivity index (χ1) is 8.66. The van der Waals surface area contributed by atoms with Gasteiger partial charge in [0.25, 0.3) is 0 Å². The summed E-state index contributed by atoms with van der Waals surface area (Å²) in [7, 11) is 2.01. The molecule has 1 heterocycles. The van der Waals surface area contributed by atoms with Crippen molar-refractivity contribution in [2.24, 2.45) is 7.05 Å². The van der Waals surface area contributed by atoms with Crippen molar-refractivity contribution >= 4 is 11.8 Å². The van der Waals surface area contributed by atoms with Crippen LogP contribution in [0, 0.1) is 0 Å². The fourth-order valence-electron chi connectivity index (χ4n) is 1.76. The average molecular weight is 262 g/mol.